The van der Waals surface area contributed by atoms with E-state index in [9.17, 15) is 0 Å². The SMILES string of the molecule is CCC(NC1CCCSC1)c1ccc(Cl)c(Cl)c1. The predicted molar refractivity (Wildman–Crippen MR) is 83.0 cm³/mol. The van der Waals surface area contributed by atoms with Crippen molar-refractivity contribution in [2.24, 2.45) is 0 Å². The van der Waals surface area contributed by atoms with Crippen LogP contribution in [0.2, 0.25) is 10.0 Å². The van der Waals surface area contributed by atoms with E-state index in [0.29, 0.717) is 22.1 Å². The molecule has 0 aromatic heterocycles. The number of nitrogens with one attached hydrogen (secondary N) is 1. The van der Waals surface area contributed by atoms with Gasteiger partial charge < -0.3 is 5.32 Å². The van der Waals surface area contributed by atoms with E-state index in [-0.39, 0.29) is 0 Å². The van der Waals surface area contributed by atoms with Gasteiger partial charge in [-0.25, -0.2) is 0 Å². The average molecular weight is 304 g/mol. The first-order chi connectivity index (χ1) is 8.70. The number of hydrogen-bond acceptors (Lipinski definition) is 2. The second-order valence-corrected chi connectivity index (χ2v) is 6.68. The molecule has 1 saturated heterocycles. The van der Waals surface area contributed by atoms with Gasteiger partial charge in [0.2, 0.25) is 0 Å². The van der Waals surface area contributed by atoms with E-state index in [0.717, 1.165) is 6.42 Å². The smallest absolute Gasteiger partial charge is 0.0595 e. The van der Waals surface area contributed by atoms with Gasteiger partial charge in [-0.1, -0.05) is 36.2 Å². The standard InChI is InChI=1S/C14H19Cl2NS/c1-2-14(17-11-4-3-7-18-9-11)10-5-6-12(15)13(16)8-10/h5-6,8,11,14,17H,2-4,7,9H2,1H3. The topological polar surface area (TPSA) is 12.0 Å². The van der Waals surface area contributed by atoms with Crippen molar-refractivity contribution in [3.63, 3.8) is 0 Å². The van der Waals surface area contributed by atoms with Gasteiger partial charge in [0.15, 0.2) is 0 Å². The van der Waals surface area contributed by atoms with Crippen LogP contribution in [0, 0.1) is 0 Å². The summed E-state index contributed by atoms with van der Waals surface area (Å²) in [6.45, 7) is 2.20. The number of rotatable bonds is 4. The Morgan fingerprint density at radius 1 is 1.39 bits per heavy atom. The summed E-state index contributed by atoms with van der Waals surface area (Å²) >= 11 is 14.1. The van der Waals surface area contributed by atoms with Gasteiger partial charge in [-0.15, -0.1) is 0 Å². The van der Waals surface area contributed by atoms with Gasteiger partial charge in [0.1, 0.15) is 0 Å². The van der Waals surface area contributed by atoms with E-state index in [4.69, 9.17) is 23.2 Å². The third-order valence-corrected chi connectivity index (χ3v) is 5.31. The van der Waals surface area contributed by atoms with Gasteiger partial charge in [0.25, 0.3) is 0 Å². The maximum atomic E-state index is 6.09. The first kappa shape index (κ1) is 14.5. The van der Waals surface area contributed by atoms with Crippen LogP contribution in [0.25, 0.3) is 0 Å². The molecule has 2 atom stereocenters. The Morgan fingerprint density at radius 2 is 2.22 bits per heavy atom. The Hall–Kier alpha value is 0.110. The van der Waals surface area contributed by atoms with Gasteiger partial charge in [-0.3, -0.25) is 0 Å². The summed E-state index contributed by atoms with van der Waals surface area (Å²) in [4.78, 5) is 0. The molecule has 1 fully saturated rings. The van der Waals surface area contributed by atoms with Crippen molar-refractivity contribution in [2.75, 3.05) is 11.5 Å². The third kappa shape index (κ3) is 3.80. The molecule has 0 bridgehead atoms. The highest BCUT2D eigenvalue weighted by Gasteiger charge is 2.18. The molecule has 0 amide bonds. The van der Waals surface area contributed by atoms with Gasteiger partial charge in [0.05, 0.1) is 10.0 Å². The fourth-order valence-corrected chi connectivity index (χ4v) is 3.73. The quantitative estimate of drug-likeness (QED) is 0.846. The summed E-state index contributed by atoms with van der Waals surface area (Å²) in [6, 6.07) is 6.96. The molecule has 0 radical (unpaired) electrons. The highest BCUT2D eigenvalue weighted by molar-refractivity contribution is 7.99. The fraction of sp³-hybridized carbons (Fsp3) is 0.571. The molecule has 0 spiro atoms. The van der Waals surface area contributed by atoms with Crippen molar-refractivity contribution in [3.8, 4) is 0 Å². The van der Waals surface area contributed by atoms with Crippen molar-refractivity contribution in [1.29, 1.82) is 0 Å². The molecular formula is C14H19Cl2NS. The van der Waals surface area contributed by atoms with E-state index >= 15 is 0 Å². The second kappa shape index (κ2) is 7.04. The van der Waals surface area contributed by atoms with E-state index in [1.807, 2.05) is 23.9 Å². The summed E-state index contributed by atoms with van der Waals surface area (Å²) in [5, 5.41) is 5.02. The number of halogens is 2. The Kier molecular flexibility index (Phi) is 5.68. The molecule has 1 nitrogen and oxygen atoms in total. The van der Waals surface area contributed by atoms with Gasteiger partial charge >= 0.3 is 0 Å². The molecule has 100 valence electrons. The minimum atomic E-state index is 0.378. The fourth-order valence-electron chi connectivity index (χ4n) is 2.34. The first-order valence-electron chi connectivity index (χ1n) is 6.49. The largest absolute Gasteiger partial charge is 0.306 e. The monoisotopic (exact) mass is 303 g/mol. The normalized spacial score (nSPS) is 21.8. The zero-order chi connectivity index (χ0) is 13.0. The molecule has 1 aromatic carbocycles. The second-order valence-electron chi connectivity index (χ2n) is 4.72. The molecule has 2 rings (SSSR count). The Morgan fingerprint density at radius 3 is 2.83 bits per heavy atom. The summed E-state index contributed by atoms with van der Waals surface area (Å²) in [5.74, 6) is 2.53. The van der Waals surface area contributed by atoms with Crippen LogP contribution in [0.3, 0.4) is 0 Å². The molecule has 2 unspecified atom stereocenters. The average Bonchev–Trinajstić information content (AvgIpc) is 2.40. The van der Waals surface area contributed by atoms with E-state index in [1.165, 1.54) is 29.9 Å². The minimum absolute atomic E-state index is 0.378. The molecule has 1 aliphatic heterocycles. The van der Waals surface area contributed by atoms with Crippen LogP contribution in [-0.4, -0.2) is 17.5 Å². The lowest BCUT2D eigenvalue weighted by atomic mass is 10.0. The molecule has 0 aliphatic carbocycles. The van der Waals surface area contributed by atoms with Crippen molar-refractivity contribution in [3.05, 3.63) is 33.8 Å². The van der Waals surface area contributed by atoms with Gasteiger partial charge in [-0.05, 0) is 42.7 Å². The molecule has 1 heterocycles. The van der Waals surface area contributed by atoms with Crippen LogP contribution in [0.4, 0.5) is 0 Å². The Balaban J connectivity index is 2.04. The molecule has 1 aliphatic rings. The van der Waals surface area contributed by atoms with Crippen LogP contribution in [0.15, 0.2) is 18.2 Å². The van der Waals surface area contributed by atoms with E-state index < -0.39 is 0 Å². The summed E-state index contributed by atoms with van der Waals surface area (Å²) < 4.78 is 0. The van der Waals surface area contributed by atoms with E-state index in [2.05, 4.69) is 18.3 Å². The minimum Gasteiger partial charge on any atom is -0.306 e. The molecule has 18 heavy (non-hydrogen) atoms. The van der Waals surface area contributed by atoms with Gasteiger partial charge in [-0.2, -0.15) is 11.8 Å². The van der Waals surface area contributed by atoms with Crippen LogP contribution >= 0.6 is 35.0 Å². The van der Waals surface area contributed by atoms with Crippen LogP contribution in [0.5, 0.6) is 0 Å². The molecule has 1 N–H and O–H groups in total. The molecular weight excluding hydrogens is 285 g/mol. The molecule has 1 aromatic rings. The highest BCUT2D eigenvalue weighted by atomic mass is 35.5. The maximum Gasteiger partial charge on any atom is 0.0595 e. The van der Waals surface area contributed by atoms with Crippen molar-refractivity contribution in [2.45, 2.75) is 38.3 Å². The van der Waals surface area contributed by atoms with Crippen LogP contribution in [0.1, 0.15) is 37.8 Å². The molecule has 0 saturated carbocycles. The number of benzene rings is 1. The highest BCUT2D eigenvalue weighted by Crippen LogP contribution is 2.28. The summed E-state index contributed by atoms with van der Waals surface area (Å²) in [7, 11) is 0. The van der Waals surface area contributed by atoms with Gasteiger partial charge in [0, 0.05) is 17.8 Å². The summed E-state index contributed by atoms with van der Waals surface area (Å²) in [5.41, 5.74) is 1.24. The van der Waals surface area contributed by atoms with Crippen molar-refractivity contribution in [1.82, 2.24) is 5.32 Å². The lowest BCUT2D eigenvalue weighted by Crippen LogP contribution is -2.36. The Bertz CT molecular complexity index is 391. The lowest BCUT2D eigenvalue weighted by Gasteiger charge is -2.28. The maximum absolute atomic E-state index is 6.09. The zero-order valence-electron chi connectivity index (χ0n) is 10.6. The van der Waals surface area contributed by atoms with Crippen LogP contribution < -0.4 is 5.32 Å². The predicted octanol–water partition coefficient (Wildman–Crippen LogP) is 4.93. The van der Waals surface area contributed by atoms with Crippen LogP contribution in [-0.2, 0) is 0 Å². The van der Waals surface area contributed by atoms with Crippen molar-refractivity contribution < 1.29 is 0 Å². The first-order valence-corrected chi connectivity index (χ1v) is 8.40. The zero-order valence-corrected chi connectivity index (χ0v) is 12.9. The molecule has 4 heteroatoms. The lowest BCUT2D eigenvalue weighted by molar-refractivity contribution is 0.425. The number of thioether (sulfide) groups is 1. The summed E-state index contributed by atoms with van der Waals surface area (Å²) in [6.07, 6.45) is 3.67. The van der Waals surface area contributed by atoms with E-state index in [1.54, 1.807) is 0 Å². The van der Waals surface area contributed by atoms with Crippen molar-refractivity contribution >= 4 is 35.0 Å². The number of hydrogen-bond donors (Lipinski definition) is 1. The Labute approximate surface area is 124 Å². The third-order valence-electron chi connectivity index (χ3n) is 3.35.